The predicted molar refractivity (Wildman–Crippen MR) is 133 cm³/mol. The van der Waals surface area contributed by atoms with Crippen molar-refractivity contribution in [3.63, 3.8) is 0 Å². The molecule has 2 aromatic rings. The first-order valence-electron chi connectivity index (χ1n) is 12.3. The van der Waals surface area contributed by atoms with E-state index in [9.17, 15) is 22.8 Å². The molecule has 3 rings (SSSR count). The summed E-state index contributed by atoms with van der Waals surface area (Å²) in [4.78, 5) is 30.2. The minimum atomic E-state index is -4.59. The molecule has 1 aromatic carbocycles. The minimum absolute atomic E-state index is 0.0219. The molecule has 0 saturated heterocycles. The summed E-state index contributed by atoms with van der Waals surface area (Å²) in [6.45, 7) is 12.0. The molecular formula is C27H36F3N3O2. The number of halogens is 3. The Labute approximate surface area is 205 Å². The van der Waals surface area contributed by atoms with Crippen LogP contribution in [0.4, 0.5) is 18.9 Å². The van der Waals surface area contributed by atoms with Crippen molar-refractivity contribution < 1.29 is 18.0 Å². The molecule has 2 N–H and O–H groups in total. The highest BCUT2D eigenvalue weighted by atomic mass is 19.4. The average molecular weight is 492 g/mol. The number of rotatable bonds is 6. The molecule has 0 radical (unpaired) electrons. The number of aromatic nitrogens is 1. The van der Waals surface area contributed by atoms with Gasteiger partial charge < -0.3 is 15.2 Å². The molecular weight excluding hydrogens is 455 g/mol. The Balaban J connectivity index is 1.99. The molecule has 0 bridgehead atoms. The maximum atomic E-state index is 13.9. The first kappa shape index (κ1) is 26.8. The standard InChI is InChI=1S/C27H36F3N3O2/c1-7-33(21-9-15(2)8-16(3)10-21)24-13-20(27(28,29)30)12-22(19(24)6)25(34)31-14-23-17(4)11-18(5)32-26(23)35/h11-13,15-16,21H,7-10,14H2,1-6H3,(H,31,34)(H,32,35)/t15-,16-/m0/s1. The number of amides is 1. The van der Waals surface area contributed by atoms with Crippen molar-refractivity contribution >= 4 is 11.6 Å². The Kier molecular flexibility index (Phi) is 8.02. The number of H-pyrrole nitrogens is 1. The normalized spacial score (nSPS) is 20.5. The van der Waals surface area contributed by atoms with Crippen molar-refractivity contribution in [2.45, 2.75) is 79.6 Å². The van der Waals surface area contributed by atoms with E-state index >= 15 is 0 Å². The fraction of sp³-hybridized carbons (Fsp3) is 0.556. The van der Waals surface area contributed by atoms with E-state index in [-0.39, 0.29) is 23.7 Å². The lowest BCUT2D eigenvalue weighted by Gasteiger charge is -2.41. The number of aromatic amines is 1. The minimum Gasteiger partial charge on any atom is -0.369 e. The Morgan fingerprint density at radius 2 is 1.71 bits per heavy atom. The number of nitrogens with zero attached hydrogens (tertiary/aromatic N) is 1. The molecule has 1 heterocycles. The number of hydrogen-bond donors (Lipinski definition) is 2. The lowest BCUT2D eigenvalue weighted by molar-refractivity contribution is -0.137. The lowest BCUT2D eigenvalue weighted by Crippen LogP contribution is -2.41. The number of anilines is 1. The van der Waals surface area contributed by atoms with Crippen LogP contribution in [0.3, 0.4) is 0 Å². The number of hydrogen-bond acceptors (Lipinski definition) is 3. The molecule has 1 aromatic heterocycles. The van der Waals surface area contributed by atoms with E-state index in [1.807, 2.05) is 11.8 Å². The molecule has 35 heavy (non-hydrogen) atoms. The molecule has 5 nitrogen and oxygen atoms in total. The van der Waals surface area contributed by atoms with Gasteiger partial charge in [0.2, 0.25) is 0 Å². The molecule has 192 valence electrons. The van der Waals surface area contributed by atoms with Crippen molar-refractivity contribution in [3.8, 4) is 0 Å². The van der Waals surface area contributed by atoms with Crippen LogP contribution < -0.4 is 15.8 Å². The summed E-state index contributed by atoms with van der Waals surface area (Å²) in [5, 5.41) is 2.67. The van der Waals surface area contributed by atoms with Crippen LogP contribution in [-0.4, -0.2) is 23.5 Å². The van der Waals surface area contributed by atoms with Crippen molar-refractivity contribution in [1.82, 2.24) is 10.3 Å². The van der Waals surface area contributed by atoms with Gasteiger partial charge in [-0.25, -0.2) is 0 Å². The maximum absolute atomic E-state index is 13.9. The van der Waals surface area contributed by atoms with Crippen LogP contribution in [0.15, 0.2) is 23.0 Å². The highest BCUT2D eigenvalue weighted by Gasteiger charge is 2.35. The summed E-state index contributed by atoms with van der Waals surface area (Å²) >= 11 is 0. The van der Waals surface area contributed by atoms with Gasteiger partial charge in [0.05, 0.1) is 5.56 Å². The summed E-state index contributed by atoms with van der Waals surface area (Å²) in [5.41, 5.74) is 1.57. The Morgan fingerprint density at radius 1 is 1.09 bits per heavy atom. The first-order valence-corrected chi connectivity index (χ1v) is 12.3. The second-order valence-corrected chi connectivity index (χ2v) is 10.1. The highest BCUT2D eigenvalue weighted by molar-refractivity contribution is 5.97. The van der Waals surface area contributed by atoms with E-state index in [2.05, 4.69) is 24.1 Å². The topological polar surface area (TPSA) is 65.2 Å². The second kappa shape index (κ2) is 10.5. The third-order valence-electron chi connectivity index (χ3n) is 7.12. The molecule has 2 atom stereocenters. The monoisotopic (exact) mass is 491 g/mol. The summed E-state index contributed by atoms with van der Waals surface area (Å²) in [6.07, 6.45) is -1.66. The van der Waals surface area contributed by atoms with Gasteiger partial charge in [0.1, 0.15) is 0 Å². The first-order chi connectivity index (χ1) is 16.3. The van der Waals surface area contributed by atoms with Crippen LogP contribution in [-0.2, 0) is 12.7 Å². The van der Waals surface area contributed by atoms with Crippen molar-refractivity contribution in [1.29, 1.82) is 0 Å². The van der Waals surface area contributed by atoms with Crippen LogP contribution in [0, 0.1) is 32.6 Å². The summed E-state index contributed by atoms with van der Waals surface area (Å²) in [7, 11) is 0. The third kappa shape index (κ3) is 6.08. The van der Waals surface area contributed by atoms with Crippen LogP contribution in [0.1, 0.15) is 78.3 Å². The van der Waals surface area contributed by atoms with Gasteiger partial charge in [-0.2, -0.15) is 13.2 Å². The van der Waals surface area contributed by atoms with E-state index in [1.54, 1.807) is 26.8 Å². The van der Waals surface area contributed by atoms with Gasteiger partial charge in [-0.3, -0.25) is 9.59 Å². The summed E-state index contributed by atoms with van der Waals surface area (Å²) in [5.74, 6) is 0.348. The van der Waals surface area contributed by atoms with Gasteiger partial charge >= 0.3 is 6.18 Å². The van der Waals surface area contributed by atoms with E-state index < -0.39 is 17.6 Å². The van der Waals surface area contributed by atoms with Gasteiger partial charge in [0.15, 0.2) is 0 Å². The summed E-state index contributed by atoms with van der Waals surface area (Å²) < 4.78 is 41.6. The number of aryl methyl sites for hydroxylation is 2. The number of pyridine rings is 1. The maximum Gasteiger partial charge on any atom is 0.416 e. The zero-order chi connectivity index (χ0) is 26.1. The predicted octanol–water partition coefficient (Wildman–Crippen LogP) is 5.90. The number of benzene rings is 1. The van der Waals surface area contributed by atoms with Gasteiger partial charge in [-0.15, -0.1) is 0 Å². The zero-order valence-corrected chi connectivity index (χ0v) is 21.4. The molecule has 1 aliphatic rings. The van der Waals surface area contributed by atoms with E-state index in [0.717, 1.165) is 25.3 Å². The largest absolute Gasteiger partial charge is 0.416 e. The van der Waals surface area contributed by atoms with Crippen molar-refractivity contribution in [3.05, 3.63) is 62.1 Å². The number of alkyl halides is 3. The third-order valence-corrected chi connectivity index (χ3v) is 7.12. The van der Waals surface area contributed by atoms with E-state index in [0.29, 0.717) is 46.5 Å². The van der Waals surface area contributed by atoms with Crippen molar-refractivity contribution in [2.75, 3.05) is 11.4 Å². The average Bonchev–Trinajstić information content (AvgIpc) is 2.73. The zero-order valence-electron chi connectivity index (χ0n) is 21.4. The molecule has 1 fully saturated rings. The fourth-order valence-corrected chi connectivity index (χ4v) is 5.55. The molecule has 0 unspecified atom stereocenters. The van der Waals surface area contributed by atoms with E-state index in [1.165, 1.54) is 6.07 Å². The van der Waals surface area contributed by atoms with Gasteiger partial charge in [-0.05, 0) is 88.1 Å². The van der Waals surface area contributed by atoms with Crippen LogP contribution >= 0.6 is 0 Å². The number of carbonyl (C=O) groups is 1. The second-order valence-electron chi connectivity index (χ2n) is 10.1. The SMILES string of the molecule is CCN(c1cc(C(F)(F)F)cc(C(=O)NCc2c(C)cc(C)[nH]c2=O)c1C)C1C[C@@H](C)C[C@H](C)C1. The van der Waals surface area contributed by atoms with Crippen LogP contribution in [0.25, 0.3) is 0 Å². The molecule has 8 heteroatoms. The van der Waals surface area contributed by atoms with Crippen LogP contribution in [0.2, 0.25) is 0 Å². The quantitative estimate of drug-likeness (QED) is 0.529. The lowest BCUT2D eigenvalue weighted by atomic mass is 9.79. The smallest absolute Gasteiger partial charge is 0.369 e. The molecule has 1 amide bonds. The Morgan fingerprint density at radius 3 is 2.26 bits per heavy atom. The molecule has 0 aliphatic heterocycles. The van der Waals surface area contributed by atoms with Gasteiger partial charge in [-0.1, -0.05) is 13.8 Å². The fourth-order valence-electron chi connectivity index (χ4n) is 5.55. The van der Waals surface area contributed by atoms with Crippen LogP contribution in [0.5, 0.6) is 0 Å². The van der Waals surface area contributed by atoms with Gasteiger partial charge in [0, 0.05) is 41.6 Å². The Bertz CT molecular complexity index is 1130. The number of carbonyl (C=O) groups excluding carboxylic acids is 1. The number of nitrogens with one attached hydrogen (secondary N) is 2. The van der Waals surface area contributed by atoms with Crippen molar-refractivity contribution in [2.24, 2.45) is 11.8 Å². The van der Waals surface area contributed by atoms with Gasteiger partial charge in [0.25, 0.3) is 11.5 Å². The highest BCUT2D eigenvalue weighted by Crippen LogP contribution is 2.39. The molecule has 1 saturated carbocycles. The Hall–Kier alpha value is -2.77. The summed E-state index contributed by atoms with van der Waals surface area (Å²) in [6, 6.07) is 4.00. The molecule has 0 spiro atoms. The van der Waals surface area contributed by atoms with E-state index in [4.69, 9.17) is 0 Å². The molecule has 1 aliphatic carbocycles.